The molecule has 0 aromatic rings. The number of carbonyl (C=O) groups excluding carboxylic acids is 2. The van der Waals surface area contributed by atoms with E-state index in [-0.39, 0.29) is 48.6 Å². The van der Waals surface area contributed by atoms with Gasteiger partial charge in [-0.3, -0.25) is 9.59 Å². The molecule has 4 aliphatic rings. The van der Waals surface area contributed by atoms with Gasteiger partial charge in [0.25, 0.3) is 0 Å². The van der Waals surface area contributed by atoms with Crippen LogP contribution in [0.3, 0.4) is 0 Å². The molecule has 0 aromatic heterocycles. The molecule has 0 aromatic carbocycles. The zero-order valence-electron chi connectivity index (χ0n) is 15.4. The fourth-order valence-corrected chi connectivity index (χ4v) is 7.38. The Kier molecular flexibility index (Phi) is 3.48. The number of hydrogen-bond acceptors (Lipinski definition) is 5. The van der Waals surface area contributed by atoms with Crippen molar-refractivity contribution < 1.29 is 24.9 Å². The van der Waals surface area contributed by atoms with Crippen LogP contribution in [0.25, 0.3) is 0 Å². The molecule has 4 saturated carbocycles. The third-order valence-electron chi connectivity index (χ3n) is 8.88. The molecular weight excluding hydrogens is 320 g/mol. The molecule has 0 amide bonds. The van der Waals surface area contributed by atoms with Crippen molar-refractivity contribution in [2.45, 2.75) is 83.0 Å². The number of rotatable bonds is 0. The molecule has 0 aliphatic heterocycles. The monoisotopic (exact) mass is 350 g/mol. The van der Waals surface area contributed by atoms with Crippen molar-refractivity contribution in [3.8, 4) is 0 Å². The number of fused-ring (bicyclic) bond motifs is 5. The van der Waals surface area contributed by atoms with Gasteiger partial charge in [-0.15, -0.1) is 0 Å². The van der Waals surface area contributed by atoms with E-state index in [1.165, 1.54) is 0 Å². The molecule has 8 atom stereocenters. The Labute approximate surface area is 148 Å². The van der Waals surface area contributed by atoms with Gasteiger partial charge in [-0.1, -0.05) is 13.8 Å². The Morgan fingerprint density at radius 2 is 1.68 bits per heavy atom. The Morgan fingerprint density at radius 1 is 1.00 bits per heavy atom. The average molecular weight is 350 g/mol. The Bertz CT molecular complexity index is 642. The molecule has 4 fully saturated rings. The maximum atomic E-state index is 12.5. The fraction of sp³-hybridized carbons (Fsp3) is 0.900. The summed E-state index contributed by atoms with van der Waals surface area (Å²) in [6.45, 7) is 5.60. The number of aliphatic hydroxyl groups is 3. The van der Waals surface area contributed by atoms with Crippen molar-refractivity contribution in [3.63, 3.8) is 0 Å². The Hall–Kier alpha value is -0.780. The Morgan fingerprint density at radius 3 is 2.36 bits per heavy atom. The van der Waals surface area contributed by atoms with Crippen LogP contribution in [0.4, 0.5) is 0 Å². The first-order valence-corrected chi connectivity index (χ1v) is 9.64. The maximum Gasteiger partial charge on any atom is 0.141 e. The lowest BCUT2D eigenvalue weighted by atomic mass is 9.40. The second kappa shape index (κ2) is 4.93. The highest BCUT2D eigenvalue weighted by atomic mass is 16.3. The van der Waals surface area contributed by atoms with Gasteiger partial charge in [-0.25, -0.2) is 0 Å². The lowest BCUT2D eigenvalue weighted by molar-refractivity contribution is -0.270. The molecule has 0 radical (unpaired) electrons. The smallest absolute Gasteiger partial charge is 0.141 e. The second-order valence-electron chi connectivity index (χ2n) is 9.89. The standard InChI is InChI=1S/C20H30O5/c1-17-6-5-13-12(16(17)14(22)8-15(17)23)4-7-20(25)10-11(21)9-18(2,24)19(13,20)3/h12-14,16,22,24-25H,4-10H2,1-3H3/t12-,13-,14?,16-,17-,18?,19+,20?/m1/s1. The first-order chi connectivity index (χ1) is 11.5. The van der Waals surface area contributed by atoms with E-state index in [2.05, 4.69) is 0 Å². The summed E-state index contributed by atoms with van der Waals surface area (Å²) in [4.78, 5) is 24.7. The topological polar surface area (TPSA) is 94.8 Å². The lowest BCUT2D eigenvalue weighted by Gasteiger charge is -2.66. The van der Waals surface area contributed by atoms with E-state index in [1.807, 2.05) is 13.8 Å². The number of carbonyl (C=O) groups is 2. The molecule has 140 valence electrons. The summed E-state index contributed by atoms with van der Waals surface area (Å²) in [6.07, 6.45) is 2.34. The van der Waals surface area contributed by atoms with Crippen LogP contribution < -0.4 is 0 Å². The predicted molar refractivity (Wildman–Crippen MR) is 90.6 cm³/mol. The van der Waals surface area contributed by atoms with Crippen molar-refractivity contribution in [2.75, 3.05) is 0 Å². The summed E-state index contributed by atoms with van der Waals surface area (Å²) in [5.41, 5.74) is -3.76. The van der Waals surface area contributed by atoms with E-state index in [1.54, 1.807) is 6.92 Å². The third-order valence-corrected chi connectivity index (χ3v) is 8.88. The number of aliphatic hydroxyl groups excluding tert-OH is 1. The number of Topliss-reactive ketones (excluding diaryl/α,β-unsaturated/α-hetero) is 2. The molecule has 4 aliphatic carbocycles. The van der Waals surface area contributed by atoms with E-state index in [0.29, 0.717) is 19.3 Å². The van der Waals surface area contributed by atoms with Gasteiger partial charge in [-0.2, -0.15) is 0 Å². The van der Waals surface area contributed by atoms with Crippen molar-refractivity contribution in [1.82, 2.24) is 0 Å². The lowest BCUT2D eigenvalue weighted by Crippen LogP contribution is -2.71. The van der Waals surface area contributed by atoms with Gasteiger partial charge in [0.2, 0.25) is 0 Å². The van der Waals surface area contributed by atoms with E-state index in [9.17, 15) is 24.9 Å². The minimum Gasteiger partial charge on any atom is -0.392 e. The quantitative estimate of drug-likeness (QED) is 0.617. The molecule has 4 rings (SSSR count). The molecule has 3 N–H and O–H groups in total. The van der Waals surface area contributed by atoms with Gasteiger partial charge in [0.05, 0.1) is 17.3 Å². The van der Waals surface area contributed by atoms with Crippen molar-refractivity contribution >= 4 is 11.6 Å². The Balaban J connectivity index is 1.79. The molecule has 0 heterocycles. The first kappa shape index (κ1) is 17.6. The van der Waals surface area contributed by atoms with Crippen molar-refractivity contribution in [2.24, 2.45) is 28.6 Å². The van der Waals surface area contributed by atoms with Crippen LogP contribution in [-0.2, 0) is 9.59 Å². The molecule has 3 unspecified atom stereocenters. The number of hydrogen-bond donors (Lipinski definition) is 3. The van der Waals surface area contributed by atoms with Gasteiger partial charge in [0.1, 0.15) is 11.6 Å². The molecule has 0 saturated heterocycles. The fourth-order valence-electron chi connectivity index (χ4n) is 7.38. The highest BCUT2D eigenvalue weighted by Gasteiger charge is 2.71. The van der Waals surface area contributed by atoms with Gasteiger partial charge in [0, 0.05) is 36.0 Å². The summed E-state index contributed by atoms with van der Waals surface area (Å²) >= 11 is 0. The zero-order valence-corrected chi connectivity index (χ0v) is 15.4. The summed E-state index contributed by atoms with van der Waals surface area (Å²) < 4.78 is 0. The summed E-state index contributed by atoms with van der Waals surface area (Å²) in [5.74, 6) is 0.0758. The zero-order chi connectivity index (χ0) is 18.4. The molecule has 25 heavy (non-hydrogen) atoms. The van der Waals surface area contributed by atoms with Gasteiger partial charge >= 0.3 is 0 Å². The van der Waals surface area contributed by atoms with Gasteiger partial charge in [0.15, 0.2) is 0 Å². The normalized spacial score (nSPS) is 58.5. The molecule has 0 bridgehead atoms. The van der Waals surface area contributed by atoms with Crippen LogP contribution in [0.1, 0.15) is 65.7 Å². The van der Waals surface area contributed by atoms with Crippen LogP contribution in [0, 0.1) is 28.6 Å². The predicted octanol–water partition coefficient (Wildman–Crippen LogP) is 1.61. The minimum absolute atomic E-state index is 0.00738. The van der Waals surface area contributed by atoms with Crippen LogP contribution in [0.15, 0.2) is 0 Å². The van der Waals surface area contributed by atoms with Gasteiger partial charge < -0.3 is 15.3 Å². The van der Waals surface area contributed by atoms with Gasteiger partial charge in [-0.05, 0) is 44.4 Å². The largest absolute Gasteiger partial charge is 0.392 e. The van der Waals surface area contributed by atoms with E-state index >= 15 is 0 Å². The summed E-state index contributed by atoms with van der Waals surface area (Å²) in [5, 5.41) is 33.2. The molecular formula is C20H30O5. The highest BCUT2D eigenvalue weighted by Crippen LogP contribution is 2.68. The summed E-state index contributed by atoms with van der Waals surface area (Å²) in [6, 6.07) is 0. The second-order valence-corrected chi connectivity index (χ2v) is 9.89. The summed E-state index contributed by atoms with van der Waals surface area (Å²) in [7, 11) is 0. The average Bonchev–Trinajstić information content (AvgIpc) is 2.71. The van der Waals surface area contributed by atoms with Crippen LogP contribution in [0.2, 0.25) is 0 Å². The van der Waals surface area contributed by atoms with E-state index in [4.69, 9.17) is 0 Å². The third kappa shape index (κ3) is 1.95. The van der Waals surface area contributed by atoms with Crippen LogP contribution >= 0.6 is 0 Å². The van der Waals surface area contributed by atoms with Crippen molar-refractivity contribution in [1.29, 1.82) is 0 Å². The number of ketones is 2. The van der Waals surface area contributed by atoms with E-state index < -0.39 is 28.1 Å². The minimum atomic E-state index is -1.28. The molecule has 5 nitrogen and oxygen atoms in total. The molecule has 5 heteroatoms. The van der Waals surface area contributed by atoms with Crippen LogP contribution in [0.5, 0.6) is 0 Å². The van der Waals surface area contributed by atoms with Crippen LogP contribution in [-0.4, -0.2) is 44.2 Å². The maximum absolute atomic E-state index is 12.5. The van der Waals surface area contributed by atoms with E-state index in [0.717, 1.165) is 6.42 Å². The first-order valence-electron chi connectivity index (χ1n) is 9.64. The highest BCUT2D eigenvalue weighted by molar-refractivity contribution is 5.88. The van der Waals surface area contributed by atoms with Crippen molar-refractivity contribution in [3.05, 3.63) is 0 Å². The molecule has 0 spiro atoms. The SMILES string of the molecule is CC1(O)CC(=O)CC2(O)CC[C@@H]3[C@@H](CC[C@]4(C)C(=O)CC(O)[C@@H]34)[C@@]12C.